The van der Waals surface area contributed by atoms with E-state index in [2.05, 4.69) is 16.5 Å². The number of hydrogen-bond donors (Lipinski definition) is 1. The van der Waals surface area contributed by atoms with E-state index in [-0.39, 0.29) is 6.04 Å². The highest BCUT2D eigenvalue weighted by Gasteiger charge is 2.32. The number of aryl methyl sites for hydroxylation is 1. The van der Waals surface area contributed by atoms with Gasteiger partial charge in [0, 0.05) is 6.04 Å². The molecule has 13 heavy (non-hydrogen) atoms. The highest BCUT2D eigenvalue weighted by atomic mass is 32.1. The van der Waals surface area contributed by atoms with Crippen LogP contribution in [0.3, 0.4) is 0 Å². The average Bonchev–Trinajstić information content (AvgIpc) is 2.87. The Morgan fingerprint density at radius 3 is 3.00 bits per heavy atom. The van der Waals surface area contributed by atoms with Gasteiger partial charge in [-0.05, 0) is 36.7 Å². The van der Waals surface area contributed by atoms with Gasteiger partial charge in [0.1, 0.15) is 0 Å². The predicted molar refractivity (Wildman–Crippen MR) is 53.6 cm³/mol. The molecule has 0 radical (unpaired) electrons. The molecule has 1 atom stereocenters. The molecule has 1 heterocycles. The SMILES string of the molecule is CCCc1nnsc1C(N)C1CC1. The standard InChI is InChI=1S/C9H15N3S/c1-2-3-7-9(13-12-11-7)8(10)6-4-5-6/h6,8H,2-5,10H2,1H3. The summed E-state index contributed by atoms with van der Waals surface area (Å²) in [5, 5.41) is 4.13. The molecule has 0 bridgehead atoms. The van der Waals surface area contributed by atoms with Gasteiger partial charge >= 0.3 is 0 Å². The lowest BCUT2D eigenvalue weighted by Gasteiger charge is -2.07. The van der Waals surface area contributed by atoms with Gasteiger partial charge in [-0.2, -0.15) is 0 Å². The quantitative estimate of drug-likeness (QED) is 0.802. The summed E-state index contributed by atoms with van der Waals surface area (Å²) in [6, 6.07) is 0.210. The van der Waals surface area contributed by atoms with Gasteiger partial charge < -0.3 is 5.73 Å². The summed E-state index contributed by atoms with van der Waals surface area (Å²) >= 11 is 1.48. The predicted octanol–water partition coefficient (Wildman–Crippen LogP) is 1.90. The molecule has 3 nitrogen and oxygen atoms in total. The molecule has 0 spiro atoms. The molecule has 0 amide bonds. The minimum Gasteiger partial charge on any atom is -0.323 e. The van der Waals surface area contributed by atoms with Crippen molar-refractivity contribution in [3.8, 4) is 0 Å². The van der Waals surface area contributed by atoms with Crippen molar-refractivity contribution < 1.29 is 0 Å². The zero-order valence-corrected chi connectivity index (χ0v) is 8.68. The second kappa shape index (κ2) is 3.72. The van der Waals surface area contributed by atoms with Gasteiger partial charge in [-0.15, -0.1) is 5.10 Å². The van der Waals surface area contributed by atoms with E-state index in [9.17, 15) is 0 Å². The fourth-order valence-corrected chi connectivity index (χ4v) is 2.34. The fraction of sp³-hybridized carbons (Fsp3) is 0.778. The third kappa shape index (κ3) is 1.89. The Morgan fingerprint density at radius 1 is 1.62 bits per heavy atom. The fourth-order valence-electron chi connectivity index (χ4n) is 1.55. The smallest absolute Gasteiger partial charge is 0.0803 e. The molecule has 1 unspecified atom stereocenters. The lowest BCUT2D eigenvalue weighted by atomic mass is 10.1. The van der Waals surface area contributed by atoms with E-state index >= 15 is 0 Å². The van der Waals surface area contributed by atoms with Crippen LogP contribution in [0.4, 0.5) is 0 Å². The highest BCUT2D eigenvalue weighted by Crippen LogP contribution is 2.41. The van der Waals surface area contributed by atoms with Crippen molar-refractivity contribution in [3.05, 3.63) is 10.6 Å². The van der Waals surface area contributed by atoms with Gasteiger partial charge in [0.2, 0.25) is 0 Å². The second-order valence-corrected chi connectivity index (χ2v) is 4.48. The third-order valence-corrected chi connectivity index (χ3v) is 3.37. The first-order valence-electron chi connectivity index (χ1n) is 4.89. The highest BCUT2D eigenvalue weighted by molar-refractivity contribution is 7.05. The number of nitrogens with zero attached hydrogens (tertiary/aromatic N) is 2. The summed E-state index contributed by atoms with van der Waals surface area (Å²) in [6.07, 6.45) is 4.71. The molecule has 0 aromatic carbocycles. The monoisotopic (exact) mass is 197 g/mol. The molecule has 0 aliphatic heterocycles. The molecule has 2 N–H and O–H groups in total. The second-order valence-electron chi connectivity index (χ2n) is 3.70. The van der Waals surface area contributed by atoms with E-state index in [4.69, 9.17) is 5.73 Å². The minimum absolute atomic E-state index is 0.210. The molecule has 1 aliphatic rings. The Kier molecular flexibility index (Phi) is 2.60. The van der Waals surface area contributed by atoms with E-state index in [0.29, 0.717) is 5.92 Å². The zero-order valence-electron chi connectivity index (χ0n) is 7.86. The van der Waals surface area contributed by atoms with Crippen LogP contribution in [-0.4, -0.2) is 9.59 Å². The van der Waals surface area contributed by atoms with Crippen molar-refractivity contribution >= 4 is 11.5 Å². The summed E-state index contributed by atoms with van der Waals surface area (Å²) in [5.41, 5.74) is 7.24. The first kappa shape index (κ1) is 9.09. The summed E-state index contributed by atoms with van der Waals surface area (Å²) in [5.74, 6) is 0.706. The van der Waals surface area contributed by atoms with Crippen molar-refractivity contribution in [2.75, 3.05) is 0 Å². The molecular formula is C9H15N3S. The molecule has 1 saturated carbocycles. The largest absolute Gasteiger partial charge is 0.323 e. The van der Waals surface area contributed by atoms with Gasteiger partial charge in [0.15, 0.2) is 0 Å². The molecular weight excluding hydrogens is 182 g/mol. The maximum absolute atomic E-state index is 6.11. The first-order chi connectivity index (χ1) is 6.33. The van der Waals surface area contributed by atoms with E-state index in [0.717, 1.165) is 18.5 Å². The summed E-state index contributed by atoms with van der Waals surface area (Å²) < 4.78 is 3.98. The molecule has 72 valence electrons. The van der Waals surface area contributed by atoms with E-state index in [1.165, 1.54) is 29.3 Å². The Bertz CT molecular complexity index is 280. The van der Waals surface area contributed by atoms with Crippen LogP contribution in [0.5, 0.6) is 0 Å². The number of hydrogen-bond acceptors (Lipinski definition) is 4. The van der Waals surface area contributed by atoms with E-state index < -0.39 is 0 Å². The van der Waals surface area contributed by atoms with Crippen molar-refractivity contribution in [2.45, 2.75) is 38.6 Å². The van der Waals surface area contributed by atoms with Gasteiger partial charge in [0.25, 0.3) is 0 Å². The molecule has 1 fully saturated rings. The molecule has 1 aliphatic carbocycles. The summed E-state index contributed by atoms with van der Waals surface area (Å²) in [6.45, 7) is 2.16. The van der Waals surface area contributed by atoms with Gasteiger partial charge in [-0.3, -0.25) is 0 Å². The lowest BCUT2D eigenvalue weighted by Crippen LogP contribution is -2.12. The van der Waals surface area contributed by atoms with Crippen LogP contribution in [0, 0.1) is 5.92 Å². The van der Waals surface area contributed by atoms with E-state index in [1.54, 1.807) is 0 Å². The van der Waals surface area contributed by atoms with Crippen LogP contribution in [0.1, 0.15) is 42.8 Å². The van der Waals surface area contributed by atoms with Crippen LogP contribution >= 0.6 is 11.5 Å². The summed E-state index contributed by atoms with van der Waals surface area (Å²) in [7, 11) is 0. The van der Waals surface area contributed by atoms with Crippen molar-refractivity contribution in [1.82, 2.24) is 9.59 Å². The van der Waals surface area contributed by atoms with Gasteiger partial charge in [-0.25, -0.2) is 0 Å². The molecule has 1 aromatic heterocycles. The van der Waals surface area contributed by atoms with Crippen molar-refractivity contribution in [2.24, 2.45) is 11.7 Å². The number of aromatic nitrogens is 2. The third-order valence-electron chi connectivity index (χ3n) is 2.50. The first-order valence-corrected chi connectivity index (χ1v) is 5.67. The van der Waals surface area contributed by atoms with E-state index in [1.807, 2.05) is 0 Å². The van der Waals surface area contributed by atoms with Crippen LogP contribution in [0.2, 0.25) is 0 Å². The van der Waals surface area contributed by atoms with Crippen LogP contribution < -0.4 is 5.73 Å². The van der Waals surface area contributed by atoms with Crippen molar-refractivity contribution in [3.63, 3.8) is 0 Å². The average molecular weight is 197 g/mol. The topological polar surface area (TPSA) is 51.8 Å². The molecule has 4 heteroatoms. The zero-order chi connectivity index (χ0) is 9.26. The normalized spacial score (nSPS) is 18.9. The Labute approximate surface area is 82.5 Å². The lowest BCUT2D eigenvalue weighted by molar-refractivity contribution is 0.633. The van der Waals surface area contributed by atoms with Crippen LogP contribution in [-0.2, 0) is 6.42 Å². The van der Waals surface area contributed by atoms with Gasteiger partial charge in [-0.1, -0.05) is 17.8 Å². The Morgan fingerprint density at radius 2 is 2.38 bits per heavy atom. The maximum atomic E-state index is 6.11. The number of rotatable bonds is 4. The van der Waals surface area contributed by atoms with Crippen LogP contribution in [0.15, 0.2) is 0 Å². The molecule has 0 saturated heterocycles. The Balaban J connectivity index is 2.12. The number of nitrogens with two attached hydrogens (primary N) is 1. The van der Waals surface area contributed by atoms with Crippen molar-refractivity contribution in [1.29, 1.82) is 0 Å². The van der Waals surface area contributed by atoms with Gasteiger partial charge in [0.05, 0.1) is 10.6 Å². The summed E-state index contributed by atoms with van der Waals surface area (Å²) in [4.78, 5) is 1.23. The molecule has 1 aromatic rings. The Hall–Kier alpha value is -0.480. The maximum Gasteiger partial charge on any atom is 0.0803 e. The minimum atomic E-state index is 0.210. The molecule has 2 rings (SSSR count). The van der Waals surface area contributed by atoms with Crippen LogP contribution in [0.25, 0.3) is 0 Å².